The number of ether oxygens (including phenoxy) is 1. The molecule has 5 nitrogen and oxygen atoms in total. The van der Waals surface area contributed by atoms with Crippen LogP contribution in [0.5, 0.6) is 5.75 Å². The fraction of sp³-hybridized carbons (Fsp3) is 0.500. The van der Waals surface area contributed by atoms with E-state index in [1.54, 1.807) is 4.90 Å². The lowest BCUT2D eigenvalue weighted by Gasteiger charge is -2.22. The Balaban J connectivity index is 2.09. The van der Waals surface area contributed by atoms with Gasteiger partial charge in [-0.2, -0.15) is 0 Å². The summed E-state index contributed by atoms with van der Waals surface area (Å²) in [6, 6.07) is 7.85. The van der Waals surface area contributed by atoms with Gasteiger partial charge in [0.25, 0.3) is 5.91 Å². The summed E-state index contributed by atoms with van der Waals surface area (Å²) in [5.41, 5.74) is 1.80. The van der Waals surface area contributed by atoms with Crippen LogP contribution in [0.2, 0.25) is 0 Å². The molecular formula is C20H29N3O2S. The third-order valence-corrected chi connectivity index (χ3v) is 5.59. The molecule has 2 aromatic rings. The van der Waals surface area contributed by atoms with Gasteiger partial charge in [-0.05, 0) is 51.2 Å². The first kappa shape index (κ1) is 20.4. The Morgan fingerprint density at radius 2 is 1.77 bits per heavy atom. The van der Waals surface area contributed by atoms with Crippen molar-refractivity contribution in [2.45, 2.75) is 27.7 Å². The predicted molar refractivity (Wildman–Crippen MR) is 108 cm³/mol. The second-order valence-electron chi connectivity index (χ2n) is 6.14. The van der Waals surface area contributed by atoms with Crippen LogP contribution in [-0.4, -0.2) is 60.5 Å². The van der Waals surface area contributed by atoms with E-state index in [0.29, 0.717) is 6.61 Å². The zero-order valence-electron chi connectivity index (χ0n) is 16.4. The molecule has 0 N–H and O–H groups in total. The van der Waals surface area contributed by atoms with Crippen LogP contribution in [0.1, 0.15) is 36.1 Å². The maximum absolute atomic E-state index is 12.8. The van der Waals surface area contributed by atoms with Gasteiger partial charge in [-0.15, -0.1) is 11.3 Å². The molecule has 0 unspecified atom stereocenters. The van der Waals surface area contributed by atoms with E-state index in [1.165, 1.54) is 11.3 Å². The van der Waals surface area contributed by atoms with Crippen LogP contribution in [0.4, 0.5) is 0 Å². The molecule has 0 aliphatic heterocycles. The molecule has 1 aromatic carbocycles. The predicted octanol–water partition coefficient (Wildman–Crippen LogP) is 3.93. The van der Waals surface area contributed by atoms with Gasteiger partial charge in [0.15, 0.2) is 0 Å². The maximum Gasteiger partial charge on any atom is 0.265 e. The third kappa shape index (κ3) is 5.05. The van der Waals surface area contributed by atoms with Crippen LogP contribution in [0.3, 0.4) is 0 Å². The molecule has 0 bridgehead atoms. The van der Waals surface area contributed by atoms with Gasteiger partial charge in [-0.25, -0.2) is 4.98 Å². The molecule has 0 aliphatic carbocycles. The Labute approximate surface area is 160 Å². The van der Waals surface area contributed by atoms with Crippen molar-refractivity contribution in [3.63, 3.8) is 0 Å². The number of aromatic nitrogens is 1. The van der Waals surface area contributed by atoms with Crippen molar-refractivity contribution >= 4 is 17.2 Å². The molecule has 0 saturated heterocycles. The number of hydrogen-bond donors (Lipinski definition) is 0. The van der Waals surface area contributed by atoms with E-state index < -0.39 is 0 Å². The van der Waals surface area contributed by atoms with Crippen LogP contribution in [0.15, 0.2) is 24.3 Å². The van der Waals surface area contributed by atoms with Gasteiger partial charge in [0, 0.05) is 25.7 Å². The lowest BCUT2D eigenvalue weighted by molar-refractivity contribution is 0.0783. The monoisotopic (exact) mass is 375 g/mol. The number of carbonyl (C=O) groups excluding carboxylic acids is 1. The summed E-state index contributed by atoms with van der Waals surface area (Å²) in [7, 11) is 1.86. The average Bonchev–Trinajstić information content (AvgIpc) is 3.04. The number of carbonyl (C=O) groups is 1. The molecule has 2 rings (SSSR count). The smallest absolute Gasteiger partial charge is 0.265 e. The maximum atomic E-state index is 12.8. The van der Waals surface area contributed by atoms with Crippen molar-refractivity contribution in [3.05, 3.63) is 34.8 Å². The Kier molecular flexibility index (Phi) is 7.60. The number of nitrogens with zero attached hydrogens (tertiary/aromatic N) is 3. The van der Waals surface area contributed by atoms with E-state index in [1.807, 2.05) is 45.2 Å². The molecule has 0 spiro atoms. The standard InChI is InChI=1S/C20H29N3O2S/c1-6-23(7-2)14-13-22(5)20(24)18-15(4)21-19(26-18)16-9-11-17(12-10-16)25-8-3/h9-12H,6-8,13-14H2,1-5H3. The lowest BCUT2D eigenvalue weighted by atomic mass is 10.2. The van der Waals surface area contributed by atoms with E-state index in [2.05, 4.69) is 23.7 Å². The number of rotatable bonds is 9. The molecule has 1 heterocycles. The molecule has 0 aliphatic rings. The Hall–Kier alpha value is -1.92. The molecule has 142 valence electrons. The molecule has 1 aromatic heterocycles. The highest BCUT2D eigenvalue weighted by molar-refractivity contribution is 7.17. The Morgan fingerprint density at radius 3 is 2.35 bits per heavy atom. The van der Waals surface area contributed by atoms with Crippen molar-refractivity contribution in [1.82, 2.24) is 14.8 Å². The summed E-state index contributed by atoms with van der Waals surface area (Å²) in [5.74, 6) is 0.890. The van der Waals surface area contributed by atoms with Crippen molar-refractivity contribution < 1.29 is 9.53 Å². The van der Waals surface area contributed by atoms with E-state index in [0.717, 1.165) is 53.1 Å². The molecule has 1 amide bonds. The zero-order chi connectivity index (χ0) is 19.1. The van der Waals surface area contributed by atoms with Crippen LogP contribution in [-0.2, 0) is 0 Å². The Bertz CT molecular complexity index is 708. The van der Waals surface area contributed by atoms with E-state index in [9.17, 15) is 4.79 Å². The second kappa shape index (κ2) is 9.69. The number of thiazole rings is 1. The lowest BCUT2D eigenvalue weighted by Crippen LogP contribution is -2.36. The quantitative estimate of drug-likeness (QED) is 0.666. The van der Waals surface area contributed by atoms with Gasteiger partial charge in [0.1, 0.15) is 15.6 Å². The van der Waals surface area contributed by atoms with E-state index in [4.69, 9.17) is 4.74 Å². The minimum atomic E-state index is 0.0457. The van der Waals surface area contributed by atoms with Crippen LogP contribution in [0.25, 0.3) is 10.6 Å². The van der Waals surface area contributed by atoms with Gasteiger partial charge < -0.3 is 14.5 Å². The van der Waals surface area contributed by atoms with Gasteiger partial charge in [-0.1, -0.05) is 13.8 Å². The highest BCUT2D eigenvalue weighted by Gasteiger charge is 2.20. The molecule has 0 radical (unpaired) electrons. The molecule has 0 saturated carbocycles. The van der Waals surface area contributed by atoms with Crippen LogP contribution >= 0.6 is 11.3 Å². The second-order valence-corrected chi connectivity index (χ2v) is 7.14. The first-order valence-corrected chi connectivity index (χ1v) is 10.00. The number of likely N-dealkylation sites (N-methyl/N-ethyl adjacent to an activating group) is 2. The van der Waals surface area contributed by atoms with Gasteiger partial charge >= 0.3 is 0 Å². The van der Waals surface area contributed by atoms with Crippen molar-refractivity contribution in [1.29, 1.82) is 0 Å². The van der Waals surface area contributed by atoms with Crippen molar-refractivity contribution in [3.8, 4) is 16.3 Å². The highest BCUT2D eigenvalue weighted by atomic mass is 32.1. The topological polar surface area (TPSA) is 45.7 Å². The van der Waals surface area contributed by atoms with Crippen molar-refractivity contribution in [2.24, 2.45) is 0 Å². The van der Waals surface area contributed by atoms with E-state index >= 15 is 0 Å². The molecule has 6 heteroatoms. The molecule has 0 atom stereocenters. The molecule has 26 heavy (non-hydrogen) atoms. The SMILES string of the molecule is CCOc1ccc(-c2nc(C)c(C(=O)N(C)CCN(CC)CC)s2)cc1. The Morgan fingerprint density at radius 1 is 1.12 bits per heavy atom. The normalized spacial score (nSPS) is 11.0. The highest BCUT2D eigenvalue weighted by Crippen LogP contribution is 2.29. The number of amides is 1. The number of hydrogen-bond acceptors (Lipinski definition) is 5. The zero-order valence-corrected chi connectivity index (χ0v) is 17.2. The minimum absolute atomic E-state index is 0.0457. The summed E-state index contributed by atoms with van der Waals surface area (Å²) in [5, 5.41) is 0.867. The fourth-order valence-electron chi connectivity index (χ4n) is 2.68. The van der Waals surface area contributed by atoms with Crippen molar-refractivity contribution in [2.75, 3.05) is 39.8 Å². The fourth-order valence-corrected chi connectivity index (χ4v) is 3.75. The van der Waals surface area contributed by atoms with Gasteiger partial charge in [0.05, 0.1) is 12.3 Å². The largest absolute Gasteiger partial charge is 0.494 e. The summed E-state index contributed by atoms with van der Waals surface area (Å²) < 4.78 is 5.48. The van der Waals surface area contributed by atoms with E-state index in [-0.39, 0.29) is 5.91 Å². The van der Waals surface area contributed by atoms with Crippen LogP contribution in [0, 0.1) is 6.92 Å². The molecule has 0 fully saturated rings. The number of aryl methyl sites for hydroxylation is 1. The summed E-state index contributed by atoms with van der Waals surface area (Å²) in [6.45, 7) is 12.4. The average molecular weight is 376 g/mol. The third-order valence-electron chi connectivity index (χ3n) is 4.40. The summed E-state index contributed by atoms with van der Waals surface area (Å²) >= 11 is 1.46. The minimum Gasteiger partial charge on any atom is -0.494 e. The number of benzene rings is 1. The first-order valence-electron chi connectivity index (χ1n) is 9.18. The van der Waals surface area contributed by atoms with Gasteiger partial charge in [0.2, 0.25) is 0 Å². The summed E-state index contributed by atoms with van der Waals surface area (Å²) in [6.07, 6.45) is 0. The first-order chi connectivity index (χ1) is 12.5. The summed E-state index contributed by atoms with van der Waals surface area (Å²) in [4.78, 5) is 22.2. The van der Waals surface area contributed by atoms with Crippen LogP contribution < -0.4 is 4.74 Å². The molecular weight excluding hydrogens is 346 g/mol. The van der Waals surface area contributed by atoms with Gasteiger partial charge in [-0.3, -0.25) is 4.79 Å².